The lowest BCUT2D eigenvalue weighted by Gasteiger charge is -2.52. The average molecular weight is 236 g/mol. The molecule has 2 unspecified atom stereocenters. The second kappa shape index (κ2) is 4.55. The molecule has 2 aliphatic heterocycles. The molecule has 2 bridgehead atoms. The van der Waals surface area contributed by atoms with E-state index in [9.17, 15) is 0 Å². The summed E-state index contributed by atoms with van der Waals surface area (Å²) in [4.78, 5) is 2.93. The SMILES string of the molecule is CCCNC1CC2CCCC(C1)N2C1(C)CC1. The highest BCUT2D eigenvalue weighted by atomic mass is 15.3. The van der Waals surface area contributed by atoms with Gasteiger partial charge in [-0.2, -0.15) is 0 Å². The van der Waals surface area contributed by atoms with Gasteiger partial charge in [-0.1, -0.05) is 13.3 Å². The van der Waals surface area contributed by atoms with E-state index in [1.54, 1.807) is 0 Å². The first-order valence-corrected chi connectivity index (χ1v) is 7.75. The van der Waals surface area contributed by atoms with Gasteiger partial charge in [0.25, 0.3) is 0 Å². The van der Waals surface area contributed by atoms with Gasteiger partial charge in [0.1, 0.15) is 0 Å². The molecule has 3 fully saturated rings. The van der Waals surface area contributed by atoms with Gasteiger partial charge in [0.2, 0.25) is 0 Å². The second-order valence-electron chi connectivity index (χ2n) is 6.77. The fraction of sp³-hybridized carbons (Fsp3) is 1.00. The Morgan fingerprint density at radius 2 is 1.82 bits per heavy atom. The zero-order valence-corrected chi connectivity index (χ0v) is 11.5. The Labute approximate surface area is 106 Å². The topological polar surface area (TPSA) is 15.3 Å². The molecule has 2 atom stereocenters. The van der Waals surface area contributed by atoms with Crippen LogP contribution in [0.3, 0.4) is 0 Å². The Morgan fingerprint density at radius 1 is 1.18 bits per heavy atom. The number of hydrogen-bond donors (Lipinski definition) is 1. The van der Waals surface area contributed by atoms with Crippen LogP contribution >= 0.6 is 0 Å². The van der Waals surface area contributed by atoms with Crippen molar-refractivity contribution < 1.29 is 0 Å². The molecule has 1 N–H and O–H groups in total. The summed E-state index contributed by atoms with van der Waals surface area (Å²) in [5.41, 5.74) is 0.603. The highest BCUT2D eigenvalue weighted by Gasteiger charge is 2.52. The van der Waals surface area contributed by atoms with Gasteiger partial charge in [-0.05, 0) is 58.4 Å². The summed E-state index contributed by atoms with van der Waals surface area (Å²) >= 11 is 0. The van der Waals surface area contributed by atoms with Crippen molar-refractivity contribution in [2.45, 2.75) is 88.9 Å². The Kier molecular flexibility index (Phi) is 3.20. The summed E-state index contributed by atoms with van der Waals surface area (Å²) in [7, 11) is 0. The van der Waals surface area contributed by atoms with Crippen LogP contribution in [0.2, 0.25) is 0 Å². The van der Waals surface area contributed by atoms with Crippen LogP contribution in [0.5, 0.6) is 0 Å². The van der Waals surface area contributed by atoms with Gasteiger partial charge >= 0.3 is 0 Å². The van der Waals surface area contributed by atoms with E-state index in [0.29, 0.717) is 5.54 Å². The minimum atomic E-state index is 0.603. The van der Waals surface area contributed by atoms with Crippen LogP contribution < -0.4 is 5.32 Å². The van der Waals surface area contributed by atoms with Gasteiger partial charge in [0.15, 0.2) is 0 Å². The highest BCUT2D eigenvalue weighted by Crippen LogP contribution is 2.49. The molecule has 0 amide bonds. The molecular formula is C15H28N2. The molecule has 2 heteroatoms. The van der Waals surface area contributed by atoms with E-state index in [0.717, 1.165) is 18.1 Å². The van der Waals surface area contributed by atoms with Crippen LogP contribution in [-0.4, -0.2) is 35.1 Å². The molecule has 1 saturated carbocycles. The minimum absolute atomic E-state index is 0.603. The zero-order valence-electron chi connectivity index (χ0n) is 11.5. The number of nitrogens with zero attached hydrogens (tertiary/aromatic N) is 1. The first kappa shape index (κ1) is 12.0. The first-order chi connectivity index (χ1) is 8.23. The van der Waals surface area contributed by atoms with E-state index in [1.165, 1.54) is 57.9 Å². The van der Waals surface area contributed by atoms with Crippen LogP contribution in [0, 0.1) is 0 Å². The maximum Gasteiger partial charge on any atom is 0.0188 e. The van der Waals surface area contributed by atoms with Crippen molar-refractivity contribution in [1.29, 1.82) is 0 Å². The quantitative estimate of drug-likeness (QED) is 0.807. The van der Waals surface area contributed by atoms with E-state index in [4.69, 9.17) is 0 Å². The molecular weight excluding hydrogens is 208 g/mol. The average Bonchev–Trinajstić information content (AvgIpc) is 3.04. The highest BCUT2D eigenvalue weighted by molar-refractivity contribution is 5.08. The van der Waals surface area contributed by atoms with E-state index >= 15 is 0 Å². The molecule has 0 aromatic heterocycles. The van der Waals surface area contributed by atoms with E-state index in [2.05, 4.69) is 24.1 Å². The smallest absolute Gasteiger partial charge is 0.0188 e. The molecule has 17 heavy (non-hydrogen) atoms. The third kappa shape index (κ3) is 2.26. The fourth-order valence-electron chi connectivity index (χ4n) is 4.22. The molecule has 3 rings (SSSR count). The number of nitrogens with one attached hydrogen (secondary N) is 1. The second-order valence-corrected chi connectivity index (χ2v) is 6.77. The van der Waals surface area contributed by atoms with Crippen LogP contribution in [0.1, 0.15) is 65.2 Å². The van der Waals surface area contributed by atoms with Gasteiger partial charge in [0, 0.05) is 23.7 Å². The molecule has 2 nitrogen and oxygen atoms in total. The molecule has 0 spiro atoms. The molecule has 2 saturated heterocycles. The van der Waals surface area contributed by atoms with Crippen molar-refractivity contribution in [3.63, 3.8) is 0 Å². The summed E-state index contributed by atoms with van der Waals surface area (Å²) in [6, 6.07) is 2.59. The molecule has 0 aromatic rings. The molecule has 0 radical (unpaired) electrons. The molecule has 0 aromatic carbocycles. The first-order valence-electron chi connectivity index (χ1n) is 7.75. The Hall–Kier alpha value is -0.0800. The van der Waals surface area contributed by atoms with Crippen LogP contribution in [0.4, 0.5) is 0 Å². The normalized spacial score (nSPS) is 40.2. The van der Waals surface area contributed by atoms with Crippen molar-refractivity contribution in [2.75, 3.05) is 6.54 Å². The van der Waals surface area contributed by atoms with Gasteiger partial charge in [-0.3, -0.25) is 4.90 Å². The molecule has 3 aliphatic rings. The minimum Gasteiger partial charge on any atom is -0.314 e. The third-order valence-corrected chi connectivity index (χ3v) is 5.25. The van der Waals surface area contributed by atoms with Gasteiger partial charge in [-0.15, -0.1) is 0 Å². The molecule has 2 heterocycles. The lowest BCUT2D eigenvalue weighted by atomic mass is 9.80. The Bertz CT molecular complexity index is 258. The Balaban J connectivity index is 1.66. The monoisotopic (exact) mass is 236 g/mol. The maximum absolute atomic E-state index is 3.77. The number of fused-ring (bicyclic) bond motifs is 2. The van der Waals surface area contributed by atoms with Crippen molar-refractivity contribution in [3.05, 3.63) is 0 Å². The maximum atomic E-state index is 3.77. The standard InChI is InChI=1S/C15H28N2/c1-3-9-16-12-10-13-5-4-6-14(11-12)17(13)15(2)7-8-15/h12-14,16H,3-11H2,1-2H3. The largest absolute Gasteiger partial charge is 0.314 e. The predicted octanol–water partition coefficient (Wildman–Crippen LogP) is 2.92. The van der Waals surface area contributed by atoms with Crippen molar-refractivity contribution in [3.8, 4) is 0 Å². The van der Waals surface area contributed by atoms with E-state index in [1.807, 2.05) is 0 Å². The predicted molar refractivity (Wildman–Crippen MR) is 72.2 cm³/mol. The van der Waals surface area contributed by atoms with Crippen molar-refractivity contribution in [2.24, 2.45) is 0 Å². The summed E-state index contributed by atoms with van der Waals surface area (Å²) in [5, 5.41) is 3.77. The third-order valence-electron chi connectivity index (χ3n) is 5.25. The number of rotatable bonds is 4. The lowest BCUT2D eigenvalue weighted by molar-refractivity contribution is -0.0154. The van der Waals surface area contributed by atoms with Crippen LogP contribution in [0.15, 0.2) is 0 Å². The van der Waals surface area contributed by atoms with Gasteiger partial charge in [-0.25, -0.2) is 0 Å². The zero-order chi connectivity index (χ0) is 11.9. The lowest BCUT2D eigenvalue weighted by Crippen LogP contribution is -2.59. The van der Waals surface area contributed by atoms with E-state index in [-0.39, 0.29) is 0 Å². The van der Waals surface area contributed by atoms with Gasteiger partial charge in [0.05, 0.1) is 0 Å². The summed E-state index contributed by atoms with van der Waals surface area (Å²) < 4.78 is 0. The summed E-state index contributed by atoms with van der Waals surface area (Å²) in [6.07, 6.45) is 11.4. The van der Waals surface area contributed by atoms with Gasteiger partial charge < -0.3 is 5.32 Å². The molecule has 98 valence electrons. The van der Waals surface area contributed by atoms with Crippen molar-refractivity contribution >= 4 is 0 Å². The number of piperidine rings is 2. The number of hydrogen-bond acceptors (Lipinski definition) is 2. The molecule has 1 aliphatic carbocycles. The Morgan fingerprint density at radius 3 is 2.35 bits per heavy atom. The fourth-order valence-corrected chi connectivity index (χ4v) is 4.22. The summed E-state index contributed by atoms with van der Waals surface area (Å²) in [5.74, 6) is 0. The van der Waals surface area contributed by atoms with Crippen LogP contribution in [-0.2, 0) is 0 Å². The summed E-state index contributed by atoms with van der Waals surface area (Å²) in [6.45, 7) is 5.98. The van der Waals surface area contributed by atoms with Crippen LogP contribution in [0.25, 0.3) is 0 Å². The van der Waals surface area contributed by atoms with E-state index < -0.39 is 0 Å². The van der Waals surface area contributed by atoms with Crippen molar-refractivity contribution in [1.82, 2.24) is 10.2 Å².